The molecule has 0 atom stereocenters. The van der Waals surface area contributed by atoms with Gasteiger partial charge in [0.2, 0.25) is 0 Å². The van der Waals surface area contributed by atoms with E-state index in [1.165, 1.54) is 0 Å². The fraction of sp³-hybridized carbons (Fsp3) is 0. The predicted molar refractivity (Wildman–Crippen MR) is 13.1 cm³/mol. The van der Waals surface area contributed by atoms with E-state index in [1.54, 1.807) is 0 Å². The van der Waals surface area contributed by atoms with Gasteiger partial charge in [-0.1, -0.05) is 0 Å². The van der Waals surface area contributed by atoms with E-state index in [1.807, 2.05) is 0 Å². The van der Waals surface area contributed by atoms with Crippen molar-refractivity contribution in [2.75, 3.05) is 0 Å². The average Bonchev–Trinajstić information content (AvgIpc) is 0. The van der Waals surface area contributed by atoms with Gasteiger partial charge in [-0.3, -0.25) is 0 Å². The molecular formula is Ag4SSe. The zero-order chi connectivity index (χ0) is 0. The largest absolute Gasteiger partial charge is 2.00 e. The van der Waals surface area contributed by atoms with E-state index in [0.717, 1.165) is 0 Å². The van der Waals surface area contributed by atoms with Gasteiger partial charge in [0.25, 0.3) is 0 Å². The normalized spacial score (nSPS) is 0. The molecule has 0 radical (unpaired) electrons. The first-order valence-electron chi connectivity index (χ1n) is 0. The summed E-state index contributed by atoms with van der Waals surface area (Å²) in [5, 5.41) is 0. The van der Waals surface area contributed by atoms with Crippen LogP contribution in [-0.2, 0) is 103 Å². The SMILES string of the molecule is [Ag+].[Ag+].[Ag+].[Ag+].[S-2].[Se-2]. The Morgan fingerprint density at radius 1 is 0.500 bits per heavy atom. The summed E-state index contributed by atoms with van der Waals surface area (Å²) in [7, 11) is 0. The maximum atomic E-state index is 0. The molecule has 0 amide bonds. The van der Waals surface area contributed by atoms with Crippen LogP contribution in [0, 0.1) is 0 Å². The molecule has 0 unspecified atom stereocenters. The third-order valence-corrected chi connectivity index (χ3v) is 0. The monoisotopic (exact) mass is 540 g/mol. The third kappa shape index (κ3) is 24.9. The van der Waals surface area contributed by atoms with Crippen LogP contribution in [0.15, 0.2) is 0 Å². The van der Waals surface area contributed by atoms with Gasteiger partial charge in [0.15, 0.2) is 0 Å². The van der Waals surface area contributed by atoms with Crippen LogP contribution >= 0.6 is 0 Å². The molecule has 0 bridgehead atoms. The summed E-state index contributed by atoms with van der Waals surface area (Å²) >= 11 is 0. The second kappa shape index (κ2) is 36.9. The molecular weight excluding hydrogens is 542 g/mol. The van der Waals surface area contributed by atoms with Gasteiger partial charge in [-0.2, -0.15) is 0 Å². The van der Waals surface area contributed by atoms with Crippen molar-refractivity contribution in [3.8, 4) is 0 Å². The van der Waals surface area contributed by atoms with E-state index < -0.39 is 0 Å². The summed E-state index contributed by atoms with van der Waals surface area (Å²) in [5.74, 6) is 0. The third-order valence-electron chi connectivity index (χ3n) is 0. The van der Waals surface area contributed by atoms with E-state index in [-0.39, 0.29) is 120 Å². The summed E-state index contributed by atoms with van der Waals surface area (Å²) in [6.45, 7) is 0. The molecule has 0 N–H and O–H groups in total. The number of hydrogen-bond acceptors (Lipinski definition) is 0. The van der Waals surface area contributed by atoms with Crippen LogP contribution in [0.5, 0.6) is 0 Å². The van der Waals surface area contributed by atoms with E-state index in [2.05, 4.69) is 0 Å². The standard InChI is InChI=1S/4Ag.S.Se/q4*+1;2*-2. The van der Waals surface area contributed by atoms with Crippen molar-refractivity contribution in [3.63, 3.8) is 0 Å². The predicted octanol–water partition coefficient (Wildman–Crippen LogP) is -0.393. The zero-order valence-electron chi connectivity index (χ0n) is 2.02. The van der Waals surface area contributed by atoms with Gasteiger partial charge in [-0.15, -0.1) is 0 Å². The molecule has 0 aliphatic heterocycles. The first-order valence-corrected chi connectivity index (χ1v) is 0. The quantitative estimate of drug-likeness (QED) is 0.366. The topological polar surface area (TPSA) is 0 Å². The fourth-order valence-electron chi connectivity index (χ4n) is 0. The summed E-state index contributed by atoms with van der Waals surface area (Å²) in [6.07, 6.45) is 0. The van der Waals surface area contributed by atoms with E-state index in [4.69, 9.17) is 0 Å². The Morgan fingerprint density at radius 3 is 0.500 bits per heavy atom. The van der Waals surface area contributed by atoms with Gasteiger partial charge in [-0.05, 0) is 0 Å². The first-order chi connectivity index (χ1) is 0. The Labute approximate surface area is 118 Å². The van der Waals surface area contributed by atoms with Crippen molar-refractivity contribution < 1.29 is 89.5 Å². The van der Waals surface area contributed by atoms with Crippen molar-refractivity contribution in [2.24, 2.45) is 0 Å². The van der Waals surface area contributed by atoms with E-state index in [9.17, 15) is 0 Å². The summed E-state index contributed by atoms with van der Waals surface area (Å²) in [4.78, 5) is 0. The molecule has 0 aromatic carbocycles. The minimum absolute atomic E-state index is 0. The molecule has 0 aromatic rings. The van der Waals surface area contributed by atoms with Crippen molar-refractivity contribution in [3.05, 3.63) is 0 Å². The molecule has 0 rings (SSSR count). The maximum absolute atomic E-state index is 0. The molecule has 0 nitrogen and oxygen atoms in total. The minimum atomic E-state index is 0. The first kappa shape index (κ1) is 52.2. The molecule has 0 aliphatic carbocycles. The van der Waals surface area contributed by atoms with Crippen LogP contribution < -0.4 is 0 Å². The van der Waals surface area contributed by atoms with Gasteiger partial charge >= 0.3 is 89.5 Å². The van der Waals surface area contributed by atoms with Crippen molar-refractivity contribution in [2.45, 2.75) is 0 Å². The van der Waals surface area contributed by atoms with Crippen LogP contribution in [-0.4, -0.2) is 17.1 Å². The smallest absolute Gasteiger partial charge is 1.00 e. The molecule has 0 heterocycles. The van der Waals surface area contributed by atoms with Crippen molar-refractivity contribution in [1.29, 1.82) is 0 Å². The molecule has 6 heavy (non-hydrogen) atoms. The van der Waals surface area contributed by atoms with E-state index >= 15 is 0 Å². The van der Waals surface area contributed by atoms with Crippen molar-refractivity contribution >= 4 is 30.6 Å². The van der Waals surface area contributed by atoms with Crippen LogP contribution in [0.4, 0.5) is 0 Å². The van der Waals surface area contributed by atoms with E-state index in [0.29, 0.717) is 0 Å². The Balaban J connectivity index is 0. The minimum Gasteiger partial charge on any atom is -2.00 e. The Bertz CT molecular complexity index is 7.51. The van der Waals surface area contributed by atoms with Crippen LogP contribution in [0.2, 0.25) is 0 Å². The molecule has 0 fully saturated rings. The molecule has 0 spiro atoms. The molecule has 0 aliphatic rings. The van der Waals surface area contributed by atoms with Gasteiger partial charge in [-0.25, -0.2) is 0 Å². The molecule has 0 saturated heterocycles. The molecule has 6 heteroatoms. The second-order valence-corrected chi connectivity index (χ2v) is 0. The summed E-state index contributed by atoms with van der Waals surface area (Å²) in [5.41, 5.74) is 0. The Kier molecular flexibility index (Phi) is 321. The van der Waals surface area contributed by atoms with Crippen LogP contribution in [0.1, 0.15) is 0 Å². The van der Waals surface area contributed by atoms with Crippen LogP contribution in [0.3, 0.4) is 0 Å². The summed E-state index contributed by atoms with van der Waals surface area (Å²) < 4.78 is 0. The number of hydrogen-bond donors (Lipinski definition) is 0. The molecule has 56 valence electrons. The zero-order valence-corrected chi connectivity index (χ0v) is 10.5. The summed E-state index contributed by atoms with van der Waals surface area (Å²) in [6, 6.07) is 0. The Hall–Kier alpha value is 3.83. The fourth-order valence-corrected chi connectivity index (χ4v) is 0. The van der Waals surface area contributed by atoms with Gasteiger partial charge < -0.3 is 30.6 Å². The van der Waals surface area contributed by atoms with Gasteiger partial charge in [0.1, 0.15) is 0 Å². The second-order valence-electron chi connectivity index (χ2n) is 0. The van der Waals surface area contributed by atoms with Crippen LogP contribution in [0.25, 0.3) is 0 Å². The maximum Gasteiger partial charge on any atom is 1.00 e. The van der Waals surface area contributed by atoms with Gasteiger partial charge in [0.05, 0.1) is 0 Å². The van der Waals surface area contributed by atoms with Crippen molar-refractivity contribution in [1.82, 2.24) is 0 Å². The van der Waals surface area contributed by atoms with Gasteiger partial charge in [0, 0.05) is 0 Å². The Morgan fingerprint density at radius 2 is 0.500 bits per heavy atom. The average molecular weight is 542 g/mol. The number of rotatable bonds is 0. The molecule has 0 aromatic heterocycles. The molecule has 0 saturated carbocycles.